The van der Waals surface area contributed by atoms with Gasteiger partial charge in [-0.3, -0.25) is 4.79 Å². The van der Waals surface area contributed by atoms with Gasteiger partial charge in [-0.05, 0) is 44.5 Å². The molecular formula is C17H26ClN3O2. The average Bonchev–Trinajstić information content (AvgIpc) is 2.56. The fourth-order valence-electron chi connectivity index (χ4n) is 2.92. The Morgan fingerprint density at radius 1 is 1.39 bits per heavy atom. The third-order valence-electron chi connectivity index (χ3n) is 4.43. The van der Waals surface area contributed by atoms with Crippen molar-refractivity contribution < 1.29 is 9.53 Å². The van der Waals surface area contributed by atoms with E-state index < -0.39 is 6.04 Å². The number of hydrogen-bond donors (Lipinski definition) is 2. The summed E-state index contributed by atoms with van der Waals surface area (Å²) in [7, 11) is 3.94. The highest BCUT2D eigenvalue weighted by Gasteiger charge is 2.27. The van der Waals surface area contributed by atoms with Crippen molar-refractivity contribution in [3.63, 3.8) is 0 Å². The molecule has 1 amide bonds. The quantitative estimate of drug-likeness (QED) is 0.829. The lowest BCUT2D eigenvalue weighted by Gasteiger charge is -2.29. The molecule has 1 fully saturated rings. The predicted molar refractivity (Wildman–Crippen MR) is 92.4 cm³/mol. The van der Waals surface area contributed by atoms with Gasteiger partial charge in [-0.15, -0.1) is 0 Å². The zero-order valence-corrected chi connectivity index (χ0v) is 14.6. The lowest BCUT2D eigenvalue weighted by atomic mass is 9.92. The molecule has 5 nitrogen and oxygen atoms in total. The van der Waals surface area contributed by atoms with E-state index in [1.807, 2.05) is 43.3 Å². The first-order valence-electron chi connectivity index (χ1n) is 8.02. The highest BCUT2D eigenvalue weighted by atomic mass is 35.5. The predicted octanol–water partition coefficient (Wildman–Crippen LogP) is 1.81. The SMILES string of the molecule is CN(C)C(CNC(=O)C(N)C1CCOCC1)c1ccccc1Cl. The molecule has 2 atom stereocenters. The average molecular weight is 340 g/mol. The smallest absolute Gasteiger partial charge is 0.237 e. The molecule has 1 saturated heterocycles. The van der Waals surface area contributed by atoms with E-state index in [4.69, 9.17) is 22.1 Å². The van der Waals surface area contributed by atoms with Gasteiger partial charge in [-0.2, -0.15) is 0 Å². The van der Waals surface area contributed by atoms with Crippen LogP contribution in [0.5, 0.6) is 0 Å². The number of nitrogens with one attached hydrogen (secondary N) is 1. The van der Waals surface area contributed by atoms with Crippen LogP contribution < -0.4 is 11.1 Å². The van der Waals surface area contributed by atoms with Gasteiger partial charge < -0.3 is 20.7 Å². The van der Waals surface area contributed by atoms with E-state index in [2.05, 4.69) is 5.32 Å². The zero-order valence-electron chi connectivity index (χ0n) is 13.8. The van der Waals surface area contributed by atoms with Crippen LogP contribution in [-0.2, 0) is 9.53 Å². The number of carbonyl (C=O) groups is 1. The van der Waals surface area contributed by atoms with E-state index in [9.17, 15) is 4.79 Å². The second kappa shape index (κ2) is 8.64. The van der Waals surface area contributed by atoms with Crippen LogP contribution in [0.1, 0.15) is 24.4 Å². The number of benzene rings is 1. The lowest BCUT2D eigenvalue weighted by molar-refractivity contribution is -0.124. The first-order chi connectivity index (χ1) is 11.0. The minimum absolute atomic E-state index is 0.00883. The highest BCUT2D eigenvalue weighted by Crippen LogP contribution is 2.25. The second-order valence-electron chi connectivity index (χ2n) is 6.22. The van der Waals surface area contributed by atoms with Gasteiger partial charge in [0.15, 0.2) is 0 Å². The topological polar surface area (TPSA) is 67.6 Å². The fourth-order valence-corrected chi connectivity index (χ4v) is 3.18. The Morgan fingerprint density at radius 3 is 2.65 bits per heavy atom. The van der Waals surface area contributed by atoms with Crippen molar-refractivity contribution in [2.45, 2.75) is 24.9 Å². The molecule has 2 rings (SSSR count). The molecule has 128 valence electrons. The minimum Gasteiger partial charge on any atom is -0.381 e. The van der Waals surface area contributed by atoms with E-state index >= 15 is 0 Å². The number of nitrogens with two attached hydrogens (primary N) is 1. The number of amides is 1. The summed E-state index contributed by atoms with van der Waals surface area (Å²) in [5.41, 5.74) is 7.11. The summed E-state index contributed by atoms with van der Waals surface area (Å²) in [4.78, 5) is 14.4. The first-order valence-corrected chi connectivity index (χ1v) is 8.40. The van der Waals surface area contributed by atoms with Gasteiger partial charge in [0.2, 0.25) is 5.91 Å². The summed E-state index contributed by atoms with van der Waals surface area (Å²) in [6.45, 7) is 1.85. The molecule has 1 heterocycles. The van der Waals surface area contributed by atoms with Crippen molar-refractivity contribution in [1.29, 1.82) is 0 Å². The van der Waals surface area contributed by atoms with Gasteiger partial charge in [-0.1, -0.05) is 29.8 Å². The molecule has 1 aliphatic rings. The Morgan fingerprint density at radius 2 is 2.04 bits per heavy atom. The van der Waals surface area contributed by atoms with Crippen LogP contribution in [0.25, 0.3) is 0 Å². The van der Waals surface area contributed by atoms with Crippen LogP contribution in [0.2, 0.25) is 5.02 Å². The number of nitrogens with zero attached hydrogens (tertiary/aromatic N) is 1. The van der Waals surface area contributed by atoms with Crippen LogP contribution in [0.15, 0.2) is 24.3 Å². The number of carbonyl (C=O) groups excluding carboxylic acids is 1. The minimum atomic E-state index is -0.479. The van der Waals surface area contributed by atoms with E-state index in [1.165, 1.54) is 0 Å². The van der Waals surface area contributed by atoms with Crippen LogP contribution in [0, 0.1) is 5.92 Å². The van der Waals surface area contributed by atoms with Gasteiger partial charge in [0.05, 0.1) is 12.1 Å². The molecule has 1 aliphatic heterocycles. The van der Waals surface area contributed by atoms with Crippen molar-refractivity contribution in [2.75, 3.05) is 33.9 Å². The number of hydrogen-bond acceptors (Lipinski definition) is 4. The molecule has 1 aromatic carbocycles. The first kappa shape index (κ1) is 18.2. The van der Waals surface area contributed by atoms with Crippen molar-refractivity contribution in [3.8, 4) is 0 Å². The van der Waals surface area contributed by atoms with Gasteiger partial charge in [-0.25, -0.2) is 0 Å². The van der Waals surface area contributed by atoms with E-state index in [0.29, 0.717) is 24.8 Å². The number of likely N-dealkylation sites (N-methyl/N-ethyl adjacent to an activating group) is 1. The van der Waals surface area contributed by atoms with Crippen LogP contribution in [0.3, 0.4) is 0 Å². The summed E-state index contributed by atoms with van der Waals surface area (Å²) in [6, 6.07) is 7.23. The van der Waals surface area contributed by atoms with E-state index in [1.54, 1.807) is 0 Å². The molecule has 3 N–H and O–H groups in total. The van der Waals surface area contributed by atoms with E-state index in [-0.39, 0.29) is 17.9 Å². The molecule has 23 heavy (non-hydrogen) atoms. The second-order valence-corrected chi connectivity index (χ2v) is 6.63. The molecule has 0 spiro atoms. The Kier molecular flexibility index (Phi) is 6.84. The third kappa shape index (κ3) is 4.91. The molecule has 0 bridgehead atoms. The van der Waals surface area contributed by atoms with Crippen molar-refractivity contribution in [3.05, 3.63) is 34.9 Å². The monoisotopic (exact) mass is 339 g/mol. The number of ether oxygens (including phenoxy) is 1. The summed E-state index contributed by atoms with van der Waals surface area (Å²) in [5.74, 6) is 0.0951. The maximum atomic E-state index is 12.4. The Labute approximate surface area is 143 Å². The largest absolute Gasteiger partial charge is 0.381 e. The third-order valence-corrected chi connectivity index (χ3v) is 4.78. The molecular weight excluding hydrogens is 314 g/mol. The normalized spacial score (nSPS) is 18.7. The van der Waals surface area contributed by atoms with Crippen LogP contribution >= 0.6 is 11.6 Å². The van der Waals surface area contributed by atoms with Crippen LogP contribution in [0.4, 0.5) is 0 Å². The van der Waals surface area contributed by atoms with Crippen LogP contribution in [-0.4, -0.2) is 50.7 Å². The summed E-state index contributed by atoms with van der Waals surface area (Å²) < 4.78 is 5.32. The van der Waals surface area contributed by atoms with Crippen molar-refractivity contribution in [1.82, 2.24) is 10.2 Å². The van der Waals surface area contributed by atoms with Gasteiger partial charge in [0.1, 0.15) is 0 Å². The van der Waals surface area contributed by atoms with Crippen molar-refractivity contribution >= 4 is 17.5 Å². The zero-order chi connectivity index (χ0) is 16.8. The number of halogens is 1. The maximum Gasteiger partial charge on any atom is 0.237 e. The van der Waals surface area contributed by atoms with Gasteiger partial charge in [0.25, 0.3) is 0 Å². The van der Waals surface area contributed by atoms with Gasteiger partial charge >= 0.3 is 0 Å². The number of rotatable bonds is 6. The Hall–Kier alpha value is -1.14. The molecule has 0 saturated carbocycles. The molecule has 6 heteroatoms. The standard InChI is InChI=1S/C17H26ClN3O2/c1-21(2)15(13-5-3-4-6-14(13)18)11-20-17(22)16(19)12-7-9-23-10-8-12/h3-6,12,15-16H,7-11,19H2,1-2H3,(H,20,22). The Bertz CT molecular complexity index is 518. The summed E-state index contributed by atoms with van der Waals surface area (Å²) in [5, 5.41) is 3.68. The Balaban J connectivity index is 1.96. The molecule has 0 aliphatic carbocycles. The summed E-state index contributed by atoms with van der Waals surface area (Å²) >= 11 is 6.28. The summed E-state index contributed by atoms with van der Waals surface area (Å²) in [6.07, 6.45) is 1.69. The maximum absolute atomic E-state index is 12.4. The van der Waals surface area contributed by atoms with E-state index in [0.717, 1.165) is 18.4 Å². The van der Waals surface area contributed by atoms with Crippen molar-refractivity contribution in [2.24, 2.45) is 11.7 Å². The highest BCUT2D eigenvalue weighted by molar-refractivity contribution is 6.31. The molecule has 2 unspecified atom stereocenters. The molecule has 0 radical (unpaired) electrons. The molecule has 1 aromatic rings. The lowest BCUT2D eigenvalue weighted by Crippen LogP contribution is -2.48. The molecule has 0 aromatic heterocycles. The fraction of sp³-hybridized carbons (Fsp3) is 0.588. The van der Waals surface area contributed by atoms with Gasteiger partial charge in [0, 0.05) is 24.8 Å².